The fraction of sp³-hybridized carbons (Fsp3) is 0.263. The number of hydrogen-bond donors (Lipinski definition) is 1. The Hall–Kier alpha value is -1.74. The van der Waals surface area contributed by atoms with Gasteiger partial charge >= 0.3 is 0 Å². The van der Waals surface area contributed by atoms with Crippen molar-refractivity contribution < 1.29 is 4.39 Å². The molecule has 2 aliphatic rings. The Morgan fingerprint density at radius 3 is 2.73 bits per heavy atom. The minimum atomic E-state index is -0.151. The van der Waals surface area contributed by atoms with E-state index in [2.05, 4.69) is 48.0 Å². The summed E-state index contributed by atoms with van der Waals surface area (Å²) in [5, 5.41) is 3.47. The molecule has 2 aromatic carbocycles. The summed E-state index contributed by atoms with van der Waals surface area (Å²) in [5.74, 6) is 0.633. The summed E-state index contributed by atoms with van der Waals surface area (Å²) in [5.41, 5.74) is 3.01. The maximum Gasteiger partial charge on any atom is 0.146 e. The Kier molecular flexibility index (Phi) is 3.45. The maximum atomic E-state index is 14.2. The molecule has 1 N–H and O–H groups in total. The van der Waals surface area contributed by atoms with Crippen LogP contribution in [-0.4, -0.2) is 6.26 Å². The average Bonchev–Trinajstić information content (AvgIpc) is 3.05. The van der Waals surface area contributed by atoms with Gasteiger partial charge in [0.1, 0.15) is 5.82 Å². The largest absolute Gasteiger partial charge is 0.375 e. The van der Waals surface area contributed by atoms with Gasteiger partial charge in [0.2, 0.25) is 0 Å². The van der Waals surface area contributed by atoms with Crippen LogP contribution in [-0.2, 0) is 0 Å². The third-order valence-electron chi connectivity index (χ3n) is 4.82. The number of fused-ring (bicyclic) bond motifs is 3. The lowest BCUT2D eigenvalue weighted by molar-refractivity contribution is 0.420. The SMILES string of the molecule is CSc1ccc(C2Nc3c(F)cccc3C3C=CCC32)cc1. The second-order valence-corrected chi connectivity index (χ2v) is 6.83. The Morgan fingerprint density at radius 2 is 1.95 bits per heavy atom. The van der Waals surface area contributed by atoms with Crippen LogP contribution in [0.25, 0.3) is 0 Å². The Morgan fingerprint density at radius 1 is 1.14 bits per heavy atom. The van der Waals surface area contributed by atoms with Gasteiger partial charge in [-0.1, -0.05) is 36.4 Å². The molecule has 0 radical (unpaired) electrons. The van der Waals surface area contributed by atoms with Gasteiger partial charge in [-0.2, -0.15) is 0 Å². The van der Waals surface area contributed by atoms with Crippen molar-refractivity contribution in [2.75, 3.05) is 11.6 Å². The summed E-state index contributed by atoms with van der Waals surface area (Å²) in [7, 11) is 0. The van der Waals surface area contributed by atoms with E-state index in [1.54, 1.807) is 17.8 Å². The molecule has 0 saturated carbocycles. The zero-order valence-corrected chi connectivity index (χ0v) is 13.2. The number of nitrogens with one attached hydrogen (secondary N) is 1. The summed E-state index contributed by atoms with van der Waals surface area (Å²) >= 11 is 1.74. The lowest BCUT2D eigenvalue weighted by Crippen LogP contribution is -2.29. The minimum Gasteiger partial charge on any atom is -0.375 e. The van der Waals surface area contributed by atoms with Crippen molar-refractivity contribution in [3.63, 3.8) is 0 Å². The minimum absolute atomic E-state index is 0.151. The molecule has 2 aromatic rings. The van der Waals surface area contributed by atoms with E-state index in [9.17, 15) is 4.39 Å². The Labute approximate surface area is 134 Å². The van der Waals surface area contributed by atoms with E-state index in [1.807, 2.05) is 12.1 Å². The van der Waals surface area contributed by atoms with Crippen LogP contribution >= 0.6 is 11.8 Å². The number of para-hydroxylation sites is 1. The molecule has 4 rings (SSSR count). The van der Waals surface area contributed by atoms with Crippen molar-refractivity contribution in [2.24, 2.45) is 5.92 Å². The van der Waals surface area contributed by atoms with E-state index in [1.165, 1.54) is 10.5 Å². The molecule has 112 valence electrons. The summed E-state index contributed by atoms with van der Waals surface area (Å²) in [4.78, 5) is 1.26. The predicted octanol–water partition coefficient (Wildman–Crippen LogP) is 5.37. The molecule has 1 aliphatic carbocycles. The number of halogens is 1. The first-order valence-electron chi connectivity index (χ1n) is 7.63. The molecule has 1 nitrogen and oxygen atoms in total. The second-order valence-electron chi connectivity index (χ2n) is 5.95. The molecule has 1 aliphatic heterocycles. The highest BCUT2D eigenvalue weighted by atomic mass is 32.2. The van der Waals surface area contributed by atoms with Gasteiger partial charge in [0.25, 0.3) is 0 Å². The van der Waals surface area contributed by atoms with Crippen LogP contribution in [0, 0.1) is 11.7 Å². The average molecular weight is 311 g/mol. The number of allylic oxidation sites excluding steroid dienone is 2. The molecule has 0 saturated heterocycles. The molecule has 22 heavy (non-hydrogen) atoms. The first-order valence-corrected chi connectivity index (χ1v) is 8.86. The van der Waals surface area contributed by atoms with E-state index in [0.717, 1.165) is 12.0 Å². The van der Waals surface area contributed by atoms with E-state index < -0.39 is 0 Å². The van der Waals surface area contributed by atoms with Crippen molar-refractivity contribution in [1.29, 1.82) is 0 Å². The maximum absolute atomic E-state index is 14.2. The van der Waals surface area contributed by atoms with Gasteiger partial charge in [0.05, 0.1) is 11.7 Å². The fourth-order valence-corrected chi connectivity index (χ4v) is 4.13. The lowest BCUT2D eigenvalue weighted by Gasteiger charge is -2.37. The smallest absolute Gasteiger partial charge is 0.146 e. The van der Waals surface area contributed by atoms with Crippen LogP contribution in [0.2, 0.25) is 0 Å². The highest BCUT2D eigenvalue weighted by Crippen LogP contribution is 2.50. The van der Waals surface area contributed by atoms with Crippen molar-refractivity contribution in [2.45, 2.75) is 23.3 Å². The van der Waals surface area contributed by atoms with Crippen LogP contribution in [0.4, 0.5) is 10.1 Å². The quantitative estimate of drug-likeness (QED) is 0.591. The molecule has 0 spiro atoms. The highest BCUT2D eigenvalue weighted by Gasteiger charge is 2.38. The first kappa shape index (κ1) is 13.9. The molecule has 0 aromatic heterocycles. The molecule has 3 heteroatoms. The van der Waals surface area contributed by atoms with Gasteiger partial charge in [-0.25, -0.2) is 4.39 Å². The third-order valence-corrected chi connectivity index (χ3v) is 5.56. The fourth-order valence-electron chi connectivity index (χ4n) is 3.72. The second kappa shape index (κ2) is 5.47. The highest BCUT2D eigenvalue weighted by molar-refractivity contribution is 7.98. The van der Waals surface area contributed by atoms with Crippen molar-refractivity contribution in [3.05, 3.63) is 71.6 Å². The van der Waals surface area contributed by atoms with Crippen molar-refractivity contribution >= 4 is 17.4 Å². The molecule has 3 unspecified atom stereocenters. The molecule has 1 heterocycles. The Balaban J connectivity index is 1.76. The van der Waals surface area contributed by atoms with Crippen LogP contribution in [0.3, 0.4) is 0 Å². The van der Waals surface area contributed by atoms with Crippen LogP contribution in [0.5, 0.6) is 0 Å². The molecular formula is C19H18FNS. The summed E-state index contributed by atoms with van der Waals surface area (Å²) < 4.78 is 14.2. The molecule has 0 bridgehead atoms. The normalized spacial score (nSPS) is 25.5. The van der Waals surface area contributed by atoms with E-state index >= 15 is 0 Å². The van der Waals surface area contributed by atoms with Crippen LogP contribution < -0.4 is 5.32 Å². The monoisotopic (exact) mass is 311 g/mol. The predicted molar refractivity (Wildman–Crippen MR) is 91.0 cm³/mol. The molecular weight excluding hydrogens is 293 g/mol. The van der Waals surface area contributed by atoms with Crippen LogP contribution in [0.15, 0.2) is 59.5 Å². The molecule has 3 atom stereocenters. The number of rotatable bonds is 2. The first-order chi connectivity index (χ1) is 10.8. The van der Waals surface area contributed by atoms with Gasteiger partial charge in [-0.3, -0.25) is 0 Å². The van der Waals surface area contributed by atoms with Gasteiger partial charge < -0.3 is 5.32 Å². The molecule has 0 amide bonds. The summed E-state index contributed by atoms with van der Waals surface area (Å²) in [6.45, 7) is 0. The number of hydrogen-bond acceptors (Lipinski definition) is 2. The van der Waals surface area contributed by atoms with Crippen molar-refractivity contribution in [3.8, 4) is 0 Å². The zero-order valence-electron chi connectivity index (χ0n) is 12.4. The Bertz CT molecular complexity index is 723. The molecule has 0 fully saturated rings. The summed E-state index contributed by atoms with van der Waals surface area (Å²) in [6, 6.07) is 14.2. The van der Waals surface area contributed by atoms with Crippen LogP contribution in [0.1, 0.15) is 29.5 Å². The topological polar surface area (TPSA) is 12.0 Å². The van der Waals surface area contributed by atoms with Gasteiger partial charge in [0, 0.05) is 10.8 Å². The number of benzene rings is 2. The van der Waals surface area contributed by atoms with E-state index in [-0.39, 0.29) is 11.9 Å². The zero-order chi connectivity index (χ0) is 15.1. The van der Waals surface area contributed by atoms with Gasteiger partial charge in [-0.15, -0.1) is 11.8 Å². The van der Waals surface area contributed by atoms with E-state index in [0.29, 0.717) is 17.5 Å². The third kappa shape index (κ3) is 2.15. The van der Waals surface area contributed by atoms with Gasteiger partial charge in [-0.05, 0) is 47.9 Å². The van der Waals surface area contributed by atoms with Crippen molar-refractivity contribution in [1.82, 2.24) is 0 Å². The number of anilines is 1. The standard InChI is InChI=1S/C19H18FNS/c1-22-13-10-8-12(9-11-13)18-15-5-2-4-14(15)16-6-3-7-17(20)19(16)21-18/h2-4,6-11,14-15,18,21H,5H2,1H3. The van der Waals surface area contributed by atoms with E-state index in [4.69, 9.17) is 0 Å². The number of thioether (sulfide) groups is 1. The van der Waals surface area contributed by atoms with Gasteiger partial charge in [0.15, 0.2) is 0 Å². The lowest BCUT2D eigenvalue weighted by atomic mass is 9.77. The summed E-state index contributed by atoms with van der Waals surface area (Å²) in [6.07, 6.45) is 7.60.